The van der Waals surface area contributed by atoms with Crippen LogP contribution in [-0.4, -0.2) is 121 Å². The van der Waals surface area contributed by atoms with Gasteiger partial charge in [-0.15, -0.1) is 0 Å². The SMILES string of the molecule is COc1cc(-c2oc3cc(O)cc(O)c3c(=O)c2O[C@H]2O[C@@H](CO)[C@H](O[C@H]3O[C@H](C)[C@@H](O)[C@H](O)[C@@H]3O)[C@H](O)[C@@H]2O)ccc1O. The highest BCUT2D eigenvalue weighted by molar-refractivity contribution is 5.88. The van der Waals surface area contributed by atoms with Crippen molar-refractivity contribution in [2.45, 2.75) is 68.3 Å². The van der Waals surface area contributed by atoms with Gasteiger partial charge in [0.15, 0.2) is 23.5 Å². The van der Waals surface area contributed by atoms with E-state index in [2.05, 4.69) is 0 Å². The third kappa shape index (κ3) is 5.63. The van der Waals surface area contributed by atoms with E-state index < -0.39 is 96.1 Å². The molecule has 240 valence electrons. The lowest BCUT2D eigenvalue weighted by molar-refractivity contribution is -0.349. The monoisotopic (exact) mass is 624 g/mol. The van der Waals surface area contributed by atoms with Crippen molar-refractivity contribution in [3.05, 3.63) is 40.6 Å². The van der Waals surface area contributed by atoms with Gasteiger partial charge >= 0.3 is 0 Å². The Bertz CT molecular complexity index is 1550. The van der Waals surface area contributed by atoms with E-state index >= 15 is 0 Å². The van der Waals surface area contributed by atoms with Crippen LogP contribution in [0.4, 0.5) is 0 Å². The summed E-state index contributed by atoms with van der Waals surface area (Å²) in [5, 5.41) is 92.4. The third-order valence-electron chi connectivity index (χ3n) is 7.51. The van der Waals surface area contributed by atoms with Crippen molar-refractivity contribution in [3.8, 4) is 40.1 Å². The molecule has 0 bridgehead atoms. The molecule has 2 aliphatic heterocycles. The minimum atomic E-state index is -1.97. The van der Waals surface area contributed by atoms with Crippen LogP contribution in [0.25, 0.3) is 22.3 Å². The van der Waals surface area contributed by atoms with Gasteiger partial charge in [0.25, 0.3) is 0 Å². The summed E-state index contributed by atoms with van der Waals surface area (Å²) in [4.78, 5) is 13.7. The van der Waals surface area contributed by atoms with Crippen LogP contribution in [0.1, 0.15) is 6.92 Å². The van der Waals surface area contributed by atoms with Crippen LogP contribution in [0, 0.1) is 0 Å². The standard InChI is InChI=1S/C28H32O16/c1-9-18(33)20(35)22(37)27(40-9)43-25-16(8-29)42-28(23(38)21(25)36)44-26-19(34)17-13(32)6-11(30)7-15(17)41-24(26)10-3-4-12(31)14(5-10)39-2/h3-7,9,16,18,20-23,25,27-33,35-38H,8H2,1-2H3/t9-,16+,18-,20+,21-,22+,23+,25+,27-,28-/m1/s1. The number of aliphatic hydroxyl groups excluding tert-OH is 6. The summed E-state index contributed by atoms with van der Waals surface area (Å²) in [7, 11) is 1.28. The Balaban J connectivity index is 1.51. The summed E-state index contributed by atoms with van der Waals surface area (Å²) >= 11 is 0. The molecule has 0 aliphatic carbocycles. The average Bonchev–Trinajstić information content (AvgIpc) is 2.99. The van der Waals surface area contributed by atoms with Gasteiger partial charge in [0.2, 0.25) is 17.5 Å². The molecule has 1 aromatic heterocycles. The summed E-state index contributed by atoms with van der Waals surface area (Å²) in [5.41, 5.74) is -1.11. The van der Waals surface area contributed by atoms with E-state index in [1.807, 2.05) is 0 Å². The largest absolute Gasteiger partial charge is 0.508 e. The van der Waals surface area contributed by atoms with Crippen LogP contribution in [0.15, 0.2) is 39.5 Å². The van der Waals surface area contributed by atoms with Crippen LogP contribution in [0.5, 0.6) is 28.7 Å². The number of fused-ring (bicyclic) bond motifs is 1. The number of phenols is 3. The molecule has 3 aromatic rings. The van der Waals surface area contributed by atoms with Crippen LogP contribution >= 0.6 is 0 Å². The molecule has 2 aliphatic rings. The van der Waals surface area contributed by atoms with Crippen molar-refractivity contribution in [1.29, 1.82) is 0 Å². The van der Waals surface area contributed by atoms with E-state index in [9.17, 15) is 50.8 Å². The molecule has 2 saturated heterocycles. The zero-order chi connectivity index (χ0) is 32.0. The number of ether oxygens (including phenoxy) is 5. The normalized spacial score (nSPS) is 32.5. The third-order valence-corrected chi connectivity index (χ3v) is 7.51. The van der Waals surface area contributed by atoms with Crippen LogP contribution in [0.3, 0.4) is 0 Å². The first-order chi connectivity index (χ1) is 20.9. The molecule has 44 heavy (non-hydrogen) atoms. The second-order valence-electron chi connectivity index (χ2n) is 10.4. The fourth-order valence-corrected chi connectivity index (χ4v) is 5.10. The van der Waals surface area contributed by atoms with Gasteiger partial charge in [-0.1, -0.05) is 0 Å². The summed E-state index contributed by atoms with van der Waals surface area (Å²) < 4.78 is 33.3. The minimum absolute atomic E-state index is 0.0151. The maximum Gasteiger partial charge on any atom is 0.239 e. The molecule has 0 saturated carbocycles. The Morgan fingerprint density at radius 3 is 2.23 bits per heavy atom. The van der Waals surface area contributed by atoms with Crippen molar-refractivity contribution >= 4 is 11.0 Å². The topological polar surface area (TPSA) is 258 Å². The summed E-state index contributed by atoms with van der Waals surface area (Å²) in [6.45, 7) is 0.577. The maximum atomic E-state index is 13.7. The zero-order valence-electron chi connectivity index (χ0n) is 23.3. The molecular weight excluding hydrogens is 592 g/mol. The highest BCUT2D eigenvalue weighted by Crippen LogP contribution is 2.40. The fraction of sp³-hybridized carbons (Fsp3) is 0.464. The Morgan fingerprint density at radius 1 is 0.841 bits per heavy atom. The number of rotatable bonds is 7. The molecule has 0 unspecified atom stereocenters. The minimum Gasteiger partial charge on any atom is -0.508 e. The van der Waals surface area contributed by atoms with Gasteiger partial charge in [-0.3, -0.25) is 4.79 Å². The molecule has 3 heterocycles. The van der Waals surface area contributed by atoms with E-state index in [1.54, 1.807) is 0 Å². The van der Waals surface area contributed by atoms with E-state index in [1.165, 1.54) is 32.2 Å². The van der Waals surface area contributed by atoms with Gasteiger partial charge < -0.3 is 74.1 Å². The molecule has 0 radical (unpaired) electrons. The average molecular weight is 625 g/mol. The number of hydrogen-bond donors (Lipinski definition) is 9. The molecule has 16 heteroatoms. The van der Waals surface area contributed by atoms with Crippen molar-refractivity contribution in [3.63, 3.8) is 0 Å². The highest BCUT2D eigenvalue weighted by Gasteiger charge is 2.51. The first-order valence-corrected chi connectivity index (χ1v) is 13.4. The molecule has 0 spiro atoms. The number of aliphatic hydroxyl groups is 6. The van der Waals surface area contributed by atoms with Gasteiger partial charge in [0.05, 0.1) is 19.8 Å². The smallest absolute Gasteiger partial charge is 0.239 e. The number of phenolic OH excluding ortho intramolecular Hbond substituents is 3. The molecule has 2 aromatic carbocycles. The van der Waals surface area contributed by atoms with E-state index in [0.717, 1.165) is 12.1 Å². The van der Waals surface area contributed by atoms with Crippen LogP contribution in [0.2, 0.25) is 0 Å². The first-order valence-electron chi connectivity index (χ1n) is 13.4. The molecule has 9 N–H and O–H groups in total. The molecular formula is C28H32O16. The van der Waals surface area contributed by atoms with Gasteiger partial charge in [-0.25, -0.2) is 0 Å². The van der Waals surface area contributed by atoms with E-state index in [0.29, 0.717) is 0 Å². The highest BCUT2D eigenvalue weighted by atomic mass is 16.7. The Morgan fingerprint density at radius 2 is 1.55 bits per heavy atom. The van der Waals surface area contributed by atoms with Crippen molar-refractivity contribution in [2.75, 3.05) is 13.7 Å². The number of benzene rings is 2. The maximum absolute atomic E-state index is 13.7. The van der Waals surface area contributed by atoms with Gasteiger partial charge in [-0.05, 0) is 25.1 Å². The summed E-state index contributed by atoms with van der Waals surface area (Å²) in [6, 6.07) is 5.83. The van der Waals surface area contributed by atoms with Crippen molar-refractivity contribution < 1.29 is 74.1 Å². The number of aromatic hydroxyl groups is 3. The van der Waals surface area contributed by atoms with Crippen LogP contribution < -0.4 is 14.9 Å². The second-order valence-corrected chi connectivity index (χ2v) is 10.4. The molecule has 2 fully saturated rings. The lowest BCUT2D eigenvalue weighted by atomic mass is 9.97. The molecule has 16 nitrogen and oxygen atoms in total. The predicted molar refractivity (Wildman–Crippen MR) is 145 cm³/mol. The van der Waals surface area contributed by atoms with Crippen molar-refractivity contribution in [2.24, 2.45) is 0 Å². The lowest BCUT2D eigenvalue weighted by Gasteiger charge is -2.45. The van der Waals surface area contributed by atoms with E-state index in [-0.39, 0.29) is 28.4 Å². The van der Waals surface area contributed by atoms with Gasteiger partial charge in [0.1, 0.15) is 65.2 Å². The zero-order valence-corrected chi connectivity index (χ0v) is 23.3. The molecule has 0 amide bonds. The Hall–Kier alpha value is -3.71. The van der Waals surface area contributed by atoms with E-state index in [4.69, 9.17) is 28.1 Å². The first kappa shape index (κ1) is 31.7. The predicted octanol–water partition coefficient (Wildman–Crippen LogP) is -1.38. The number of hydrogen-bond acceptors (Lipinski definition) is 16. The summed E-state index contributed by atoms with van der Waals surface area (Å²) in [6.07, 6.45) is -16.2. The quantitative estimate of drug-likeness (QED) is 0.147. The Labute approximate surface area is 248 Å². The van der Waals surface area contributed by atoms with Crippen molar-refractivity contribution in [1.82, 2.24) is 0 Å². The number of methoxy groups -OCH3 is 1. The van der Waals surface area contributed by atoms with Gasteiger partial charge in [0, 0.05) is 17.7 Å². The lowest BCUT2D eigenvalue weighted by Crippen LogP contribution is -2.64. The molecule has 5 rings (SSSR count). The van der Waals surface area contributed by atoms with Crippen LogP contribution in [-0.2, 0) is 14.2 Å². The molecule has 10 atom stereocenters. The fourth-order valence-electron chi connectivity index (χ4n) is 5.10. The Kier molecular flexibility index (Phi) is 8.90. The van der Waals surface area contributed by atoms with Gasteiger partial charge in [-0.2, -0.15) is 0 Å². The second kappa shape index (κ2) is 12.4. The summed E-state index contributed by atoms with van der Waals surface area (Å²) in [5.74, 6) is -2.28.